The van der Waals surface area contributed by atoms with Crippen LogP contribution >= 0.6 is 7.26 Å². The van der Waals surface area contributed by atoms with Crippen molar-refractivity contribution in [3.8, 4) is 0 Å². The minimum Gasteiger partial charge on any atom is -0.724 e. The molecule has 2 atom stereocenters. The normalized spacial score (nSPS) is 18.3. The van der Waals surface area contributed by atoms with Crippen molar-refractivity contribution in [1.29, 1.82) is 0 Å². The lowest BCUT2D eigenvalue weighted by atomic mass is 9.98. The highest BCUT2D eigenvalue weighted by atomic mass is 32.3. The molecule has 2 fully saturated rings. The van der Waals surface area contributed by atoms with Crippen molar-refractivity contribution in [3.63, 3.8) is 0 Å². The maximum atomic E-state index is 12.5. The predicted octanol–water partition coefficient (Wildman–Crippen LogP) is 3.15. The second kappa shape index (κ2) is 16.9. The summed E-state index contributed by atoms with van der Waals surface area (Å²) >= 11 is 0. The topological polar surface area (TPSA) is 193 Å². The number of ether oxygens (including phenoxy) is 1. The lowest BCUT2D eigenvalue weighted by molar-refractivity contribution is -0.122. The molecule has 0 radical (unpaired) electrons. The van der Waals surface area contributed by atoms with E-state index in [9.17, 15) is 27.4 Å². The lowest BCUT2D eigenvalue weighted by Gasteiger charge is -2.31. The Balaban J connectivity index is 0.000000237. The van der Waals surface area contributed by atoms with Crippen LogP contribution in [0, 0.1) is 0 Å². The number of urea groups is 1. The van der Waals surface area contributed by atoms with Crippen LogP contribution in [-0.2, 0) is 29.1 Å². The number of rotatable bonds is 11. The van der Waals surface area contributed by atoms with E-state index in [-0.39, 0.29) is 25.2 Å². The quantitative estimate of drug-likeness (QED) is 0.129. The molecule has 5 rings (SSSR count). The second-order valence-electron chi connectivity index (χ2n) is 12.5. The van der Waals surface area contributed by atoms with Crippen LogP contribution in [0.2, 0.25) is 0 Å². The van der Waals surface area contributed by atoms with Gasteiger partial charge >= 0.3 is 12.1 Å². The number of benzene rings is 3. The summed E-state index contributed by atoms with van der Waals surface area (Å²) in [5.41, 5.74) is 4.37. The van der Waals surface area contributed by atoms with Crippen molar-refractivity contribution >= 4 is 57.3 Å². The third kappa shape index (κ3) is 10.4. The third-order valence-electron chi connectivity index (χ3n) is 7.66. The van der Waals surface area contributed by atoms with Crippen molar-refractivity contribution in [3.05, 3.63) is 103 Å². The van der Waals surface area contributed by atoms with E-state index in [2.05, 4.69) is 125 Å². The van der Waals surface area contributed by atoms with E-state index in [1.807, 2.05) is 0 Å². The zero-order chi connectivity index (χ0) is 37.2. The Morgan fingerprint density at radius 1 is 0.980 bits per heavy atom. The number of piperidine rings is 1. The van der Waals surface area contributed by atoms with Gasteiger partial charge in [-0.1, -0.05) is 65.8 Å². The number of hydrogen-bond donors (Lipinski definition) is 2. The van der Waals surface area contributed by atoms with Gasteiger partial charge in [0.25, 0.3) is 5.91 Å². The Hall–Kier alpha value is -4.82. The monoisotopic (exact) mass is 739 g/mol. The molecule has 3 aromatic rings. The number of allylic oxidation sites excluding steroid dienone is 1. The van der Waals surface area contributed by atoms with E-state index in [1.165, 1.54) is 20.8 Å². The molecule has 51 heavy (non-hydrogen) atoms. The maximum absolute atomic E-state index is 12.5. The van der Waals surface area contributed by atoms with Crippen LogP contribution in [0.25, 0.3) is 0 Å². The van der Waals surface area contributed by atoms with Gasteiger partial charge in [0.15, 0.2) is 6.61 Å². The van der Waals surface area contributed by atoms with Gasteiger partial charge in [0.05, 0.1) is 24.1 Å². The van der Waals surface area contributed by atoms with Crippen molar-refractivity contribution in [2.75, 3.05) is 19.7 Å². The Labute approximate surface area is 298 Å². The summed E-state index contributed by atoms with van der Waals surface area (Å²) < 4.78 is 42.3. The van der Waals surface area contributed by atoms with Gasteiger partial charge in [0.1, 0.15) is 34.8 Å². The largest absolute Gasteiger partial charge is 0.724 e. The van der Waals surface area contributed by atoms with Crippen LogP contribution in [0.5, 0.6) is 0 Å². The number of nitrogens with two attached hydrogens (primary N) is 1. The van der Waals surface area contributed by atoms with E-state index in [0.29, 0.717) is 5.06 Å². The van der Waals surface area contributed by atoms with Crippen LogP contribution in [0.15, 0.2) is 108 Å². The first-order chi connectivity index (χ1) is 24.1. The Morgan fingerprint density at radius 3 is 1.92 bits per heavy atom. The molecule has 0 aromatic heterocycles. The van der Waals surface area contributed by atoms with Crippen LogP contribution in [0.4, 0.5) is 9.59 Å². The molecular weight excluding hydrogens is 697 g/mol. The van der Waals surface area contributed by atoms with E-state index < -0.39 is 60.0 Å². The maximum Gasteiger partial charge on any atom is 0.407 e. The van der Waals surface area contributed by atoms with Gasteiger partial charge in [-0.25, -0.2) is 18.0 Å². The summed E-state index contributed by atoms with van der Waals surface area (Å²) in [5, 5.41) is 10.8. The molecule has 16 heteroatoms. The molecule has 0 unspecified atom stereocenters. The predicted molar refractivity (Wildman–Crippen MR) is 194 cm³/mol. The molecule has 14 nitrogen and oxygen atoms in total. The van der Waals surface area contributed by atoms with Crippen molar-refractivity contribution in [2.24, 2.45) is 10.9 Å². The fourth-order valence-electron chi connectivity index (χ4n) is 5.71. The first-order valence-corrected chi connectivity index (χ1v) is 19.2. The fourth-order valence-corrected chi connectivity index (χ4v) is 9.86. The molecule has 2 aliphatic rings. The van der Waals surface area contributed by atoms with Gasteiger partial charge < -0.3 is 30.1 Å². The number of hydroxylamine groups is 2. The number of hydrogen-bond acceptors (Lipinski definition) is 10. The van der Waals surface area contributed by atoms with Gasteiger partial charge in [0.2, 0.25) is 10.4 Å². The SMILES string of the molecule is CC(C)(C)OC(=O)NC[C@@H]1CC(=NOCC(N)=O)[C@@H]2CN1C(=O)N2OS(=O)(=O)[O-].CC=C[P+](c1ccccc1)(c1ccccc1)c1ccccc1. The number of nitrogens with zero attached hydrogens (tertiary/aromatic N) is 3. The van der Waals surface area contributed by atoms with Crippen molar-refractivity contribution < 1.29 is 41.2 Å². The van der Waals surface area contributed by atoms with Crippen LogP contribution < -0.4 is 27.0 Å². The smallest absolute Gasteiger partial charge is 0.407 e. The molecule has 2 heterocycles. The van der Waals surface area contributed by atoms with Crippen molar-refractivity contribution in [2.45, 2.75) is 51.8 Å². The van der Waals surface area contributed by atoms with Gasteiger partial charge in [-0.3, -0.25) is 4.79 Å². The van der Waals surface area contributed by atoms with Gasteiger partial charge in [0, 0.05) is 13.0 Å². The average Bonchev–Trinajstić information content (AvgIpc) is 3.34. The summed E-state index contributed by atoms with van der Waals surface area (Å²) in [5.74, 6) is 1.61. The van der Waals surface area contributed by atoms with E-state index in [4.69, 9.17) is 15.3 Å². The molecular formula is C35H42N5O9PS. The molecule has 0 aliphatic carbocycles. The second-order valence-corrected chi connectivity index (χ2v) is 16.8. The zero-order valence-electron chi connectivity index (χ0n) is 28.7. The molecule has 0 saturated carbocycles. The van der Waals surface area contributed by atoms with Crippen LogP contribution in [0.3, 0.4) is 0 Å². The molecule has 0 spiro atoms. The average molecular weight is 740 g/mol. The van der Waals surface area contributed by atoms with E-state index >= 15 is 0 Å². The Bertz CT molecular complexity index is 1730. The van der Waals surface area contributed by atoms with E-state index in [1.54, 1.807) is 20.8 Å². The van der Waals surface area contributed by atoms with Crippen molar-refractivity contribution in [1.82, 2.24) is 15.3 Å². The summed E-state index contributed by atoms with van der Waals surface area (Å²) in [4.78, 5) is 41.2. The van der Waals surface area contributed by atoms with Crippen LogP contribution in [-0.4, -0.2) is 84.1 Å². The Morgan fingerprint density at radius 2 is 1.49 bits per heavy atom. The van der Waals surface area contributed by atoms with Gasteiger partial charge in [-0.05, 0) is 64.1 Å². The molecule has 2 bridgehead atoms. The number of carbonyl (C=O) groups is 3. The number of amides is 4. The fraction of sp³-hybridized carbons (Fsp3) is 0.314. The first kappa shape index (κ1) is 39.0. The summed E-state index contributed by atoms with van der Waals surface area (Å²) in [6.45, 7) is 6.48. The number of oxime groups is 1. The summed E-state index contributed by atoms with van der Waals surface area (Å²) in [7, 11) is -6.97. The lowest BCUT2D eigenvalue weighted by Crippen LogP contribution is -2.50. The van der Waals surface area contributed by atoms with Gasteiger partial charge in [-0.15, -0.1) is 0 Å². The molecule has 272 valence electrons. The number of nitrogens with one attached hydrogen (secondary N) is 1. The standard InChI is InChI=1S/C21H20P.C14H23N5O9S/c1-2-18-22(19-12-6-3-7-13-19,20-14-8-4-9-15-20)21-16-10-5-11-17-21;1-14(2,3)27-12(21)16-5-8-4-9(17-26-7-11(15)20)10-6-18(8)13(22)19(10)28-29(23,24)25/h2-18H,1H3;8,10H,4-7H2,1-3H3,(H2,15,20)(H,16,21)(H,23,24,25)/q+1;/p-1/t;8-,10-/m.0/s1. The minimum absolute atomic E-state index is 0.0454. The highest BCUT2D eigenvalue weighted by Crippen LogP contribution is 2.56. The Kier molecular flexibility index (Phi) is 12.9. The highest BCUT2D eigenvalue weighted by molar-refractivity contribution is 7.98. The zero-order valence-corrected chi connectivity index (χ0v) is 30.5. The number of fused-ring (bicyclic) bond motifs is 2. The molecule has 2 aliphatic heterocycles. The summed E-state index contributed by atoms with van der Waals surface area (Å²) in [6.07, 6.45) is 1.52. The van der Waals surface area contributed by atoms with E-state index in [0.717, 1.165) is 0 Å². The number of alkyl carbamates (subject to hydrolysis) is 1. The minimum atomic E-state index is -5.23. The number of carbonyl (C=O) groups excluding carboxylic acids is 3. The van der Waals surface area contributed by atoms with Gasteiger partial charge in [-0.2, -0.15) is 9.35 Å². The molecule has 2 saturated heterocycles. The number of primary amides is 1. The molecule has 3 aromatic carbocycles. The summed E-state index contributed by atoms with van der Waals surface area (Å²) in [6, 6.07) is 30.0. The highest BCUT2D eigenvalue weighted by Gasteiger charge is 2.50. The third-order valence-corrected chi connectivity index (χ3v) is 12.1. The molecule has 4 amide bonds. The van der Waals surface area contributed by atoms with Crippen LogP contribution in [0.1, 0.15) is 34.1 Å². The first-order valence-electron chi connectivity index (χ1n) is 16.0. The molecule has 3 N–H and O–H groups in total.